The van der Waals surface area contributed by atoms with Gasteiger partial charge in [-0.3, -0.25) is 9.59 Å². The Morgan fingerprint density at radius 3 is 2.59 bits per heavy atom. The number of amides is 2. The largest absolute Gasteiger partial charge is 0.375 e. The van der Waals surface area contributed by atoms with Crippen LogP contribution in [0.2, 0.25) is 0 Å². The summed E-state index contributed by atoms with van der Waals surface area (Å²) in [5.74, 6) is 1.36. The summed E-state index contributed by atoms with van der Waals surface area (Å²) in [5.41, 5.74) is -0.0185. The van der Waals surface area contributed by atoms with E-state index in [4.69, 9.17) is 4.74 Å². The molecule has 0 aromatic carbocycles. The number of carbonyl (C=O) groups is 2. The number of ether oxygens (including phenoxy) is 1. The van der Waals surface area contributed by atoms with E-state index in [1.54, 1.807) is 6.92 Å². The van der Waals surface area contributed by atoms with Gasteiger partial charge in [0.25, 0.3) is 0 Å². The van der Waals surface area contributed by atoms with E-state index < -0.39 is 0 Å². The van der Waals surface area contributed by atoms with Gasteiger partial charge in [-0.15, -0.1) is 0 Å². The second-order valence-corrected chi connectivity index (χ2v) is 7.25. The molecule has 2 aliphatic heterocycles. The molecule has 0 aromatic rings. The Labute approximate surface area is 132 Å². The third-order valence-electron chi connectivity index (χ3n) is 5.51. The summed E-state index contributed by atoms with van der Waals surface area (Å²) >= 11 is 0. The maximum atomic E-state index is 11.7. The van der Waals surface area contributed by atoms with Crippen molar-refractivity contribution in [2.75, 3.05) is 26.2 Å². The molecule has 2 saturated heterocycles. The van der Waals surface area contributed by atoms with Crippen molar-refractivity contribution < 1.29 is 14.3 Å². The first kappa shape index (κ1) is 15.8. The topological polar surface area (TPSA) is 58.6 Å². The molecule has 5 heteroatoms. The van der Waals surface area contributed by atoms with Gasteiger partial charge in [-0.2, -0.15) is 0 Å². The van der Waals surface area contributed by atoms with Crippen LogP contribution in [0.5, 0.6) is 0 Å². The summed E-state index contributed by atoms with van der Waals surface area (Å²) in [5, 5.41) is 3.07. The van der Waals surface area contributed by atoms with Crippen molar-refractivity contribution in [2.45, 2.75) is 57.5 Å². The maximum absolute atomic E-state index is 11.7. The zero-order chi connectivity index (χ0) is 15.6. The lowest BCUT2D eigenvalue weighted by atomic mass is 9.78. The predicted octanol–water partition coefficient (Wildman–Crippen LogP) is 1.71. The third-order valence-corrected chi connectivity index (χ3v) is 5.51. The summed E-state index contributed by atoms with van der Waals surface area (Å²) in [4.78, 5) is 25.0. The molecule has 5 nitrogen and oxygen atoms in total. The summed E-state index contributed by atoms with van der Waals surface area (Å²) in [7, 11) is 0. The zero-order valence-electron chi connectivity index (χ0n) is 13.6. The fourth-order valence-corrected chi connectivity index (χ4v) is 3.84. The molecule has 3 rings (SSSR count). The van der Waals surface area contributed by atoms with E-state index in [0.29, 0.717) is 11.8 Å². The Morgan fingerprint density at radius 2 is 1.95 bits per heavy atom. The van der Waals surface area contributed by atoms with Gasteiger partial charge in [0.15, 0.2) is 0 Å². The van der Waals surface area contributed by atoms with Gasteiger partial charge in [0.2, 0.25) is 11.8 Å². The van der Waals surface area contributed by atoms with Crippen molar-refractivity contribution in [1.29, 1.82) is 0 Å². The van der Waals surface area contributed by atoms with Crippen molar-refractivity contribution in [3.05, 3.63) is 0 Å². The third kappa shape index (κ3) is 3.80. The van der Waals surface area contributed by atoms with Crippen LogP contribution in [0.1, 0.15) is 51.9 Å². The molecule has 0 aromatic heterocycles. The molecule has 1 N–H and O–H groups in total. The first-order valence-corrected chi connectivity index (χ1v) is 8.75. The second kappa shape index (κ2) is 6.57. The highest BCUT2D eigenvalue weighted by atomic mass is 16.5. The lowest BCUT2D eigenvalue weighted by molar-refractivity contribution is -0.145. The van der Waals surface area contributed by atoms with Crippen molar-refractivity contribution in [2.24, 2.45) is 11.8 Å². The average Bonchev–Trinajstić information content (AvgIpc) is 3.32. The molecule has 1 atom stereocenters. The highest BCUT2D eigenvalue weighted by molar-refractivity contribution is 5.80. The Kier molecular flexibility index (Phi) is 4.71. The standard InChI is InChI=1S/C17H28N2O3/c1-13(20)19-9-6-17(7-10-19)12-14(5-11-22-17)4-8-18-16(21)15-2-3-15/h14-15H,2-12H2,1H3,(H,18,21). The van der Waals surface area contributed by atoms with Gasteiger partial charge in [-0.05, 0) is 50.9 Å². The van der Waals surface area contributed by atoms with Gasteiger partial charge in [-0.1, -0.05) is 0 Å². The Balaban J connectivity index is 1.43. The van der Waals surface area contributed by atoms with Gasteiger partial charge < -0.3 is 15.0 Å². The molecule has 2 amide bonds. The average molecular weight is 308 g/mol. The lowest BCUT2D eigenvalue weighted by Gasteiger charge is -2.46. The summed E-state index contributed by atoms with van der Waals surface area (Å²) in [6, 6.07) is 0. The first-order valence-electron chi connectivity index (χ1n) is 8.75. The minimum Gasteiger partial charge on any atom is -0.375 e. The number of nitrogens with zero attached hydrogens (tertiary/aromatic N) is 1. The van der Waals surface area contributed by atoms with Crippen molar-refractivity contribution in [3.63, 3.8) is 0 Å². The summed E-state index contributed by atoms with van der Waals surface area (Å²) < 4.78 is 6.12. The number of hydrogen-bond acceptors (Lipinski definition) is 3. The fraction of sp³-hybridized carbons (Fsp3) is 0.882. The quantitative estimate of drug-likeness (QED) is 0.860. The number of likely N-dealkylation sites (tertiary alicyclic amines) is 1. The Hall–Kier alpha value is -1.10. The fourth-order valence-electron chi connectivity index (χ4n) is 3.84. The predicted molar refractivity (Wildman–Crippen MR) is 83.2 cm³/mol. The highest BCUT2D eigenvalue weighted by Crippen LogP contribution is 2.38. The number of carbonyl (C=O) groups excluding carboxylic acids is 2. The van der Waals surface area contributed by atoms with Crippen molar-refractivity contribution in [3.8, 4) is 0 Å². The van der Waals surface area contributed by atoms with E-state index in [1.807, 2.05) is 4.90 Å². The number of rotatable bonds is 4. The molecular weight excluding hydrogens is 280 g/mol. The van der Waals surface area contributed by atoms with Crippen LogP contribution < -0.4 is 5.32 Å². The second-order valence-electron chi connectivity index (χ2n) is 7.25. The van der Waals surface area contributed by atoms with Crippen LogP contribution in [0.3, 0.4) is 0 Å². The van der Waals surface area contributed by atoms with Gasteiger partial charge in [-0.25, -0.2) is 0 Å². The van der Waals surface area contributed by atoms with Gasteiger partial charge in [0.05, 0.1) is 5.60 Å². The molecule has 3 aliphatic rings. The smallest absolute Gasteiger partial charge is 0.223 e. The molecule has 3 fully saturated rings. The Morgan fingerprint density at radius 1 is 1.23 bits per heavy atom. The molecule has 0 radical (unpaired) electrons. The van der Waals surface area contributed by atoms with Gasteiger partial charge in [0, 0.05) is 39.1 Å². The SMILES string of the molecule is CC(=O)N1CCC2(CC1)CC(CCNC(=O)C1CC1)CCO2. The Bertz CT molecular complexity index is 426. The molecule has 0 bridgehead atoms. The van der Waals surface area contributed by atoms with Crippen LogP contribution >= 0.6 is 0 Å². The summed E-state index contributed by atoms with van der Waals surface area (Å²) in [6.45, 7) is 4.91. The normalized spacial score (nSPS) is 27.7. The molecule has 2 heterocycles. The van der Waals surface area contributed by atoms with Crippen LogP contribution in [0.25, 0.3) is 0 Å². The van der Waals surface area contributed by atoms with E-state index in [1.165, 1.54) is 0 Å². The van der Waals surface area contributed by atoms with E-state index >= 15 is 0 Å². The molecule has 1 saturated carbocycles. The van der Waals surface area contributed by atoms with E-state index in [0.717, 1.165) is 71.2 Å². The van der Waals surface area contributed by atoms with E-state index in [-0.39, 0.29) is 17.4 Å². The number of hydrogen-bond donors (Lipinski definition) is 1. The van der Waals surface area contributed by atoms with Crippen LogP contribution in [0, 0.1) is 11.8 Å². The maximum Gasteiger partial charge on any atom is 0.223 e. The van der Waals surface area contributed by atoms with E-state index in [2.05, 4.69) is 5.32 Å². The first-order chi connectivity index (χ1) is 10.6. The molecule has 1 spiro atoms. The molecule has 1 unspecified atom stereocenters. The van der Waals surface area contributed by atoms with Crippen LogP contribution in [-0.2, 0) is 14.3 Å². The lowest BCUT2D eigenvalue weighted by Crippen LogP contribution is -2.50. The van der Waals surface area contributed by atoms with Crippen LogP contribution in [0.4, 0.5) is 0 Å². The van der Waals surface area contributed by atoms with Crippen LogP contribution in [0.15, 0.2) is 0 Å². The summed E-state index contributed by atoms with van der Waals surface area (Å²) in [6.07, 6.45) is 7.28. The molecule has 124 valence electrons. The van der Waals surface area contributed by atoms with Crippen molar-refractivity contribution >= 4 is 11.8 Å². The zero-order valence-corrected chi connectivity index (χ0v) is 13.6. The van der Waals surface area contributed by atoms with Crippen LogP contribution in [-0.4, -0.2) is 48.6 Å². The monoisotopic (exact) mass is 308 g/mol. The molecule has 1 aliphatic carbocycles. The van der Waals surface area contributed by atoms with Gasteiger partial charge >= 0.3 is 0 Å². The van der Waals surface area contributed by atoms with Gasteiger partial charge in [0.1, 0.15) is 0 Å². The molecule has 22 heavy (non-hydrogen) atoms. The van der Waals surface area contributed by atoms with Crippen molar-refractivity contribution in [1.82, 2.24) is 10.2 Å². The number of nitrogens with one attached hydrogen (secondary N) is 1. The van der Waals surface area contributed by atoms with E-state index in [9.17, 15) is 9.59 Å². The molecular formula is C17H28N2O3. The highest BCUT2D eigenvalue weighted by Gasteiger charge is 2.40. The minimum absolute atomic E-state index is 0.0185. The minimum atomic E-state index is -0.0185. The number of piperidine rings is 1.